The number of likely N-dealkylation sites (tertiary alicyclic amines) is 1. The number of hydrogen-bond acceptors (Lipinski definition) is 3. The Morgan fingerprint density at radius 1 is 1.29 bits per heavy atom. The summed E-state index contributed by atoms with van der Waals surface area (Å²) in [6, 6.07) is 1.85. The van der Waals surface area contributed by atoms with Crippen LogP contribution in [0.2, 0.25) is 5.02 Å². The number of piperidine rings is 1. The Kier molecular flexibility index (Phi) is 5.39. The molecule has 1 heterocycles. The highest BCUT2D eigenvalue weighted by molar-refractivity contribution is 6.31. The fourth-order valence-corrected chi connectivity index (χ4v) is 3.11. The van der Waals surface area contributed by atoms with Crippen molar-refractivity contribution in [3.8, 4) is 0 Å². The average Bonchev–Trinajstić information content (AvgIpc) is 2.48. The van der Waals surface area contributed by atoms with Crippen LogP contribution in [-0.2, 0) is 15.8 Å². The van der Waals surface area contributed by atoms with Gasteiger partial charge in [0.25, 0.3) is 0 Å². The van der Waals surface area contributed by atoms with Gasteiger partial charge in [-0.15, -0.1) is 0 Å². The van der Waals surface area contributed by atoms with Gasteiger partial charge in [0.15, 0.2) is 0 Å². The number of nitrogens with zero attached hydrogens (tertiary/aromatic N) is 1. The highest BCUT2D eigenvalue weighted by Crippen LogP contribution is 2.37. The number of alkyl halides is 3. The van der Waals surface area contributed by atoms with Crippen LogP contribution in [0.5, 0.6) is 0 Å². The van der Waals surface area contributed by atoms with Crippen LogP contribution in [0.4, 0.5) is 13.2 Å². The van der Waals surface area contributed by atoms with Crippen LogP contribution in [0.25, 0.3) is 0 Å². The number of carbonyl (C=O) groups excluding carboxylic acids is 1. The third-order valence-electron chi connectivity index (χ3n) is 4.14. The summed E-state index contributed by atoms with van der Waals surface area (Å²) in [4.78, 5) is 24.3. The lowest BCUT2D eigenvalue weighted by atomic mass is 9.93. The van der Waals surface area contributed by atoms with Crippen LogP contribution in [0.15, 0.2) is 18.2 Å². The second-order valence-corrected chi connectivity index (χ2v) is 6.10. The number of amides is 1. The van der Waals surface area contributed by atoms with E-state index in [0.717, 1.165) is 12.1 Å². The lowest BCUT2D eigenvalue weighted by Gasteiger charge is -2.35. The van der Waals surface area contributed by atoms with Gasteiger partial charge in [0, 0.05) is 19.0 Å². The largest absolute Gasteiger partial charge is 0.480 e. The first-order valence-corrected chi connectivity index (χ1v) is 7.62. The Balaban J connectivity index is 2.29. The number of primary amides is 1. The maximum Gasteiger partial charge on any atom is 0.417 e. The molecule has 0 bridgehead atoms. The van der Waals surface area contributed by atoms with Gasteiger partial charge < -0.3 is 10.8 Å². The van der Waals surface area contributed by atoms with Crippen molar-refractivity contribution in [1.29, 1.82) is 0 Å². The maximum absolute atomic E-state index is 13.0. The molecule has 1 unspecified atom stereocenters. The SMILES string of the molecule is NC(=O)C1CCN(C(C(=O)O)c2ccc(Cl)c(C(F)(F)F)c2)CC1. The molecule has 5 nitrogen and oxygen atoms in total. The molecule has 24 heavy (non-hydrogen) atoms. The number of nitrogens with two attached hydrogens (primary N) is 1. The van der Waals surface area contributed by atoms with Gasteiger partial charge in [-0.2, -0.15) is 13.2 Å². The molecule has 2 rings (SSSR count). The molecule has 1 fully saturated rings. The lowest BCUT2D eigenvalue weighted by molar-refractivity contribution is -0.145. The molecule has 1 aliphatic heterocycles. The van der Waals surface area contributed by atoms with Crippen molar-refractivity contribution >= 4 is 23.5 Å². The maximum atomic E-state index is 13.0. The van der Waals surface area contributed by atoms with Gasteiger partial charge in [-0.05, 0) is 30.5 Å². The number of carbonyl (C=O) groups is 2. The monoisotopic (exact) mass is 364 g/mol. The van der Waals surface area contributed by atoms with E-state index in [1.165, 1.54) is 11.0 Å². The third-order valence-corrected chi connectivity index (χ3v) is 4.47. The zero-order valence-corrected chi connectivity index (χ0v) is 13.3. The van der Waals surface area contributed by atoms with E-state index < -0.39 is 34.7 Å². The molecule has 0 aromatic heterocycles. The summed E-state index contributed by atoms with van der Waals surface area (Å²) >= 11 is 5.57. The van der Waals surface area contributed by atoms with Crippen LogP contribution < -0.4 is 5.73 Å². The molecular weight excluding hydrogens is 349 g/mol. The Labute approximate surface area is 141 Å². The molecule has 0 saturated carbocycles. The Hall–Kier alpha value is -1.80. The van der Waals surface area contributed by atoms with Gasteiger partial charge in [0.2, 0.25) is 5.91 Å². The third kappa shape index (κ3) is 3.99. The molecule has 0 radical (unpaired) electrons. The molecular formula is C15H16ClF3N2O3. The summed E-state index contributed by atoms with van der Waals surface area (Å²) in [6.07, 6.45) is -3.92. The summed E-state index contributed by atoms with van der Waals surface area (Å²) in [5.41, 5.74) is 4.16. The van der Waals surface area contributed by atoms with Crippen molar-refractivity contribution in [1.82, 2.24) is 4.90 Å². The van der Waals surface area contributed by atoms with E-state index in [9.17, 15) is 27.9 Å². The second kappa shape index (κ2) is 6.98. The van der Waals surface area contributed by atoms with E-state index in [0.29, 0.717) is 12.8 Å². The average molecular weight is 365 g/mol. The Bertz CT molecular complexity index is 643. The molecule has 1 aromatic rings. The predicted molar refractivity (Wildman–Crippen MR) is 80.3 cm³/mol. The van der Waals surface area contributed by atoms with Crippen LogP contribution >= 0.6 is 11.6 Å². The first kappa shape index (κ1) is 18.5. The summed E-state index contributed by atoms with van der Waals surface area (Å²) < 4.78 is 38.9. The molecule has 0 spiro atoms. The number of benzene rings is 1. The first-order chi connectivity index (χ1) is 11.1. The molecule has 1 saturated heterocycles. The molecule has 132 valence electrons. The number of aliphatic carboxylic acids is 1. The van der Waals surface area contributed by atoms with E-state index in [1.54, 1.807) is 0 Å². The van der Waals surface area contributed by atoms with Gasteiger partial charge in [-0.1, -0.05) is 17.7 Å². The molecule has 1 aliphatic rings. The van der Waals surface area contributed by atoms with Crippen molar-refractivity contribution in [3.05, 3.63) is 34.3 Å². The minimum Gasteiger partial charge on any atom is -0.480 e. The summed E-state index contributed by atoms with van der Waals surface area (Å²) in [7, 11) is 0. The summed E-state index contributed by atoms with van der Waals surface area (Å²) in [5.74, 6) is -2.05. The lowest BCUT2D eigenvalue weighted by Crippen LogP contribution is -2.42. The highest BCUT2D eigenvalue weighted by Gasteiger charge is 2.37. The molecule has 1 aromatic carbocycles. The van der Waals surface area contributed by atoms with Crippen LogP contribution in [0.3, 0.4) is 0 Å². The van der Waals surface area contributed by atoms with E-state index in [4.69, 9.17) is 17.3 Å². The molecule has 3 N–H and O–H groups in total. The Morgan fingerprint density at radius 2 is 1.88 bits per heavy atom. The molecule has 9 heteroatoms. The number of carboxylic acids is 1. The highest BCUT2D eigenvalue weighted by atomic mass is 35.5. The number of carboxylic acid groups (broad SMARTS) is 1. The number of rotatable bonds is 4. The fraction of sp³-hybridized carbons (Fsp3) is 0.467. The fourth-order valence-electron chi connectivity index (χ4n) is 2.88. The van der Waals surface area contributed by atoms with Crippen molar-refractivity contribution in [2.24, 2.45) is 11.7 Å². The number of halogens is 4. The quantitative estimate of drug-likeness (QED) is 0.860. The van der Waals surface area contributed by atoms with Crippen molar-refractivity contribution in [2.45, 2.75) is 25.1 Å². The summed E-state index contributed by atoms with van der Waals surface area (Å²) in [5, 5.41) is 8.99. The van der Waals surface area contributed by atoms with E-state index in [2.05, 4.69) is 0 Å². The standard InChI is InChI=1S/C15H16ClF3N2O3/c16-11-2-1-9(7-10(11)15(17,18)19)12(14(23)24)21-5-3-8(4-6-21)13(20)22/h1-2,7-8,12H,3-6H2,(H2,20,22)(H,23,24). The smallest absolute Gasteiger partial charge is 0.417 e. The van der Waals surface area contributed by atoms with Gasteiger partial charge >= 0.3 is 12.1 Å². The molecule has 1 amide bonds. The van der Waals surface area contributed by atoms with Crippen molar-refractivity contribution in [2.75, 3.05) is 13.1 Å². The van der Waals surface area contributed by atoms with Crippen molar-refractivity contribution in [3.63, 3.8) is 0 Å². The topological polar surface area (TPSA) is 83.6 Å². The normalized spacial score (nSPS) is 18.3. The van der Waals surface area contributed by atoms with Gasteiger partial charge in [0.05, 0.1) is 10.6 Å². The van der Waals surface area contributed by atoms with Crippen LogP contribution in [-0.4, -0.2) is 35.0 Å². The van der Waals surface area contributed by atoms with Gasteiger partial charge in [-0.25, -0.2) is 0 Å². The van der Waals surface area contributed by atoms with Gasteiger partial charge in [0.1, 0.15) is 6.04 Å². The Morgan fingerprint density at radius 3 is 2.33 bits per heavy atom. The second-order valence-electron chi connectivity index (χ2n) is 5.69. The predicted octanol–water partition coefficient (Wildman–Crippen LogP) is 2.68. The van der Waals surface area contributed by atoms with Crippen LogP contribution in [0, 0.1) is 5.92 Å². The minimum atomic E-state index is -4.67. The minimum absolute atomic E-state index is 0.00301. The first-order valence-electron chi connectivity index (χ1n) is 7.24. The molecule has 0 aliphatic carbocycles. The zero-order chi connectivity index (χ0) is 18.1. The van der Waals surface area contributed by atoms with Crippen molar-refractivity contribution < 1.29 is 27.9 Å². The number of hydrogen-bond donors (Lipinski definition) is 2. The van der Waals surface area contributed by atoms with Gasteiger partial charge in [-0.3, -0.25) is 14.5 Å². The molecule has 1 atom stereocenters. The van der Waals surface area contributed by atoms with Crippen LogP contribution in [0.1, 0.15) is 30.0 Å². The van der Waals surface area contributed by atoms with E-state index >= 15 is 0 Å². The van der Waals surface area contributed by atoms with E-state index in [1.807, 2.05) is 0 Å². The van der Waals surface area contributed by atoms with E-state index in [-0.39, 0.29) is 24.6 Å². The zero-order valence-electron chi connectivity index (χ0n) is 12.5. The summed E-state index contributed by atoms with van der Waals surface area (Å²) in [6.45, 7) is 0.517.